The molecule has 2 unspecified atom stereocenters. The molecule has 18 heavy (non-hydrogen) atoms. The molecule has 0 aromatic carbocycles. The van der Waals surface area contributed by atoms with Crippen LogP contribution in [0, 0.1) is 5.92 Å². The number of piperidine rings is 1. The first-order valence-corrected chi connectivity index (χ1v) is 7.24. The van der Waals surface area contributed by atoms with Crippen LogP contribution in [0.1, 0.15) is 26.2 Å². The first-order chi connectivity index (χ1) is 8.77. The molecule has 0 spiro atoms. The zero-order chi connectivity index (χ0) is 13.2. The van der Waals surface area contributed by atoms with Gasteiger partial charge in [0.1, 0.15) is 0 Å². The van der Waals surface area contributed by atoms with Crippen LogP contribution in [0.5, 0.6) is 0 Å². The molecule has 0 radical (unpaired) electrons. The Morgan fingerprint density at radius 3 is 2.89 bits per heavy atom. The molecule has 4 nitrogen and oxygen atoms in total. The van der Waals surface area contributed by atoms with E-state index in [-0.39, 0.29) is 0 Å². The van der Waals surface area contributed by atoms with Gasteiger partial charge in [-0.3, -0.25) is 0 Å². The second-order valence-electron chi connectivity index (χ2n) is 5.24. The van der Waals surface area contributed by atoms with Gasteiger partial charge in [0.25, 0.3) is 0 Å². The van der Waals surface area contributed by atoms with Gasteiger partial charge in [-0.1, -0.05) is 0 Å². The molecule has 108 valence electrons. The van der Waals surface area contributed by atoms with Crippen molar-refractivity contribution in [1.82, 2.24) is 10.2 Å². The first-order valence-electron chi connectivity index (χ1n) is 7.24. The van der Waals surface area contributed by atoms with Crippen LogP contribution in [0.25, 0.3) is 0 Å². The maximum Gasteiger partial charge on any atom is 0.0700 e. The van der Waals surface area contributed by atoms with Crippen molar-refractivity contribution in [2.24, 2.45) is 5.92 Å². The number of nitrogens with zero attached hydrogens (tertiary/aromatic N) is 1. The Labute approximate surface area is 112 Å². The maximum absolute atomic E-state index is 5.50. The molecular weight excluding hydrogens is 228 g/mol. The van der Waals surface area contributed by atoms with Crippen molar-refractivity contribution < 1.29 is 9.47 Å². The van der Waals surface area contributed by atoms with Crippen LogP contribution in [-0.2, 0) is 9.47 Å². The highest BCUT2D eigenvalue weighted by Crippen LogP contribution is 2.19. The van der Waals surface area contributed by atoms with Crippen LogP contribution < -0.4 is 5.32 Å². The van der Waals surface area contributed by atoms with E-state index in [0.29, 0.717) is 12.6 Å². The average Bonchev–Trinajstić information content (AvgIpc) is 2.42. The lowest BCUT2D eigenvalue weighted by molar-refractivity contribution is 0.0615. The third-order valence-corrected chi connectivity index (χ3v) is 3.90. The monoisotopic (exact) mass is 258 g/mol. The van der Waals surface area contributed by atoms with Crippen molar-refractivity contribution in [1.29, 1.82) is 0 Å². The number of hydrogen-bond donors (Lipinski definition) is 1. The molecule has 1 aliphatic heterocycles. The fourth-order valence-electron chi connectivity index (χ4n) is 2.57. The summed E-state index contributed by atoms with van der Waals surface area (Å²) in [6.07, 6.45) is 3.83. The molecule has 2 atom stereocenters. The molecule has 1 N–H and O–H groups in total. The number of hydrogen-bond acceptors (Lipinski definition) is 4. The second kappa shape index (κ2) is 9.73. The summed E-state index contributed by atoms with van der Waals surface area (Å²) in [5, 5.41) is 3.38. The van der Waals surface area contributed by atoms with Gasteiger partial charge in [0, 0.05) is 32.8 Å². The van der Waals surface area contributed by atoms with Crippen molar-refractivity contribution in [3.63, 3.8) is 0 Å². The third kappa shape index (κ3) is 6.14. The van der Waals surface area contributed by atoms with Gasteiger partial charge in [-0.2, -0.15) is 0 Å². The van der Waals surface area contributed by atoms with Gasteiger partial charge in [-0.15, -0.1) is 0 Å². The van der Waals surface area contributed by atoms with E-state index >= 15 is 0 Å². The maximum atomic E-state index is 5.50. The smallest absolute Gasteiger partial charge is 0.0700 e. The van der Waals surface area contributed by atoms with Gasteiger partial charge >= 0.3 is 0 Å². The van der Waals surface area contributed by atoms with E-state index in [0.717, 1.165) is 25.6 Å². The Balaban J connectivity index is 2.07. The Kier molecular flexibility index (Phi) is 8.59. The van der Waals surface area contributed by atoms with Crippen molar-refractivity contribution >= 4 is 0 Å². The van der Waals surface area contributed by atoms with Crippen LogP contribution in [0.4, 0.5) is 0 Å². The molecular formula is C14H30N2O2. The highest BCUT2D eigenvalue weighted by atomic mass is 16.5. The van der Waals surface area contributed by atoms with E-state index in [1.165, 1.54) is 32.5 Å². The molecule has 0 aliphatic carbocycles. The van der Waals surface area contributed by atoms with Crippen molar-refractivity contribution in [2.75, 3.05) is 53.6 Å². The molecule has 0 aromatic rings. The summed E-state index contributed by atoms with van der Waals surface area (Å²) in [7, 11) is 3.77. The van der Waals surface area contributed by atoms with E-state index in [9.17, 15) is 0 Å². The fraction of sp³-hybridized carbons (Fsp3) is 1.00. The van der Waals surface area contributed by atoms with Gasteiger partial charge in [-0.05, 0) is 45.7 Å². The molecule has 1 rings (SSSR count). The van der Waals surface area contributed by atoms with Gasteiger partial charge < -0.3 is 19.7 Å². The number of rotatable bonds is 9. The predicted octanol–water partition coefficient (Wildman–Crippen LogP) is 1.36. The molecule has 0 amide bonds. The van der Waals surface area contributed by atoms with E-state index in [1.807, 2.05) is 0 Å². The highest BCUT2D eigenvalue weighted by Gasteiger charge is 2.23. The average molecular weight is 258 g/mol. The highest BCUT2D eigenvalue weighted by molar-refractivity contribution is 4.79. The Hall–Kier alpha value is -0.160. The SMILES string of the molecule is CNC(C)C1CCCN(CCCOCCOC)C1. The summed E-state index contributed by atoms with van der Waals surface area (Å²) in [6, 6.07) is 0.630. The van der Waals surface area contributed by atoms with Gasteiger partial charge in [0.2, 0.25) is 0 Å². The van der Waals surface area contributed by atoms with E-state index in [1.54, 1.807) is 7.11 Å². The number of nitrogens with one attached hydrogen (secondary N) is 1. The van der Waals surface area contributed by atoms with Crippen LogP contribution in [0.2, 0.25) is 0 Å². The zero-order valence-electron chi connectivity index (χ0n) is 12.3. The molecule has 0 saturated carbocycles. The lowest BCUT2D eigenvalue weighted by Crippen LogP contribution is -2.43. The molecule has 1 heterocycles. The number of ether oxygens (including phenoxy) is 2. The Bertz CT molecular complexity index is 202. The van der Waals surface area contributed by atoms with E-state index < -0.39 is 0 Å². The molecule has 0 bridgehead atoms. The standard InChI is InChI=1S/C14H30N2O2/c1-13(15-2)14-6-4-7-16(12-14)8-5-9-18-11-10-17-3/h13-15H,4-12H2,1-3H3. The topological polar surface area (TPSA) is 33.7 Å². The summed E-state index contributed by atoms with van der Waals surface area (Å²) >= 11 is 0. The van der Waals surface area contributed by atoms with Crippen molar-refractivity contribution in [3.8, 4) is 0 Å². The summed E-state index contributed by atoms with van der Waals surface area (Å²) in [6.45, 7) is 8.22. The van der Waals surface area contributed by atoms with E-state index in [2.05, 4.69) is 24.2 Å². The summed E-state index contributed by atoms with van der Waals surface area (Å²) in [5.74, 6) is 0.804. The van der Waals surface area contributed by atoms with Gasteiger partial charge in [0.05, 0.1) is 13.2 Å². The largest absolute Gasteiger partial charge is 0.382 e. The summed E-state index contributed by atoms with van der Waals surface area (Å²) in [4.78, 5) is 2.59. The van der Waals surface area contributed by atoms with E-state index in [4.69, 9.17) is 9.47 Å². The third-order valence-electron chi connectivity index (χ3n) is 3.90. The minimum Gasteiger partial charge on any atom is -0.382 e. The van der Waals surface area contributed by atoms with Crippen molar-refractivity contribution in [2.45, 2.75) is 32.2 Å². The number of likely N-dealkylation sites (tertiary alicyclic amines) is 1. The number of methoxy groups -OCH3 is 1. The zero-order valence-corrected chi connectivity index (χ0v) is 12.3. The Morgan fingerprint density at radius 1 is 1.33 bits per heavy atom. The summed E-state index contributed by atoms with van der Waals surface area (Å²) in [5.41, 5.74) is 0. The van der Waals surface area contributed by atoms with Crippen LogP contribution in [-0.4, -0.2) is 64.6 Å². The molecule has 1 fully saturated rings. The predicted molar refractivity (Wildman–Crippen MR) is 75.0 cm³/mol. The van der Waals surface area contributed by atoms with Gasteiger partial charge in [0.15, 0.2) is 0 Å². The normalized spacial score (nSPS) is 23.2. The molecule has 4 heteroatoms. The lowest BCUT2D eigenvalue weighted by Gasteiger charge is -2.35. The summed E-state index contributed by atoms with van der Waals surface area (Å²) < 4.78 is 10.4. The molecule has 0 aromatic heterocycles. The van der Waals surface area contributed by atoms with Crippen molar-refractivity contribution in [3.05, 3.63) is 0 Å². The fourth-order valence-corrected chi connectivity index (χ4v) is 2.57. The van der Waals surface area contributed by atoms with Crippen LogP contribution in [0.3, 0.4) is 0 Å². The lowest BCUT2D eigenvalue weighted by atomic mass is 9.91. The quantitative estimate of drug-likeness (QED) is 0.633. The van der Waals surface area contributed by atoms with Gasteiger partial charge in [-0.25, -0.2) is 0 Å². The molecule has 1 aliphatic rings. The van der Waals surface area contributed by atoms with Crippen LogP contribution >= 0.6 is 0 Å². The molecule has 1 saturated heterocycles. The second-order valence-corrected chi connectivity index (χ2v) is 5.24. The van der Waals surface area contributed by atoms with Crippen LogP contribution in [0.15, 0.2) is 0 Å². The minimum atomic E-state index is 0.630. The Morgan fingerprint density at radius 2 is 2.17 bits per heavy atom. The minimum absolute atomic E-state index is 0.630. The first kappa shape index (κ1) is 15.9.